The first kappa shape index (κ1) is 11.5. The van der Waals surface area contributed by atoms with E-state index in [9.17, 15) is 0 Å². The molecule has 0 radical (unpaired) electrons. The molecule has 3 heteroatoms. The van der Waals surface area contributed by atoms with E-state index in [0.717, 1.165) is 12.8 Å². The van der Waals surface area contributed by atoms with Crippen molar-refractivity contribution in [1.82, 2.24) is 0 Å². The number of alkyl halides is 2. The SMILES string of the molecule is Cl[C@@H]1CC2=C(Br)[C@](Br)(CCCCC2)C1. The second-order valence-corrected chi connectivity index (χ2v) is 7.38. The molecule has 0 nitrogen and oxygen atoms in total. The summed E-state index contributed by atoms with van der Waals surface area (Å²) >= 11 is 14.0. The molecule has 2 aliphatic carbocycles. The van der Waals surface area contributed by atoms with Gasteiger partial charge in [-0.15, -0.1) is 11.6 Å². The largest absolute Gasteiger partial charge is 0.123 e. The van der Waals surface area contributed by atoms with Crippen molar-refractivity contribution in [3.63, 3.8) is 0 Å². The standard InChI is InChI=1S/C11H15Br2Cl/c12-10-8-4-2-1-3-5-11(10,13)7-9(14)6-8/h9H,1-7H2/t9-,11+/m1/s1. The third kappa shape index (κ3) is 2.22. The van der Waals surface area contributed by atoms with E-state index in [2.05, 4.69) is 31.9 Å². The number of fused-ring (bicyclic) bond motifs is 1. The van der Waals surface area contributed by atoms with Crippen molar-refractivity contribution < 1.29 is 0 Å². The van der Waals surface area contributed by atoms with Crippen LogP contribution in [0.5, 0.6) is 0 Å². The quantitative estimate of drug-likeness (QED) is 0.535. The molecule has 0 spiro atoms. The Hall–Kier alpha value is 0.990. The molecule has 2 aliphatic rings. The third-order valence-corrected chi connectivity index (χ3v) is 6.55. The van der Waals surface area contributed by atoms with Crippen LogP contribution in [-0.4, -0.2) is 9.70 Å². The van der Waals surface area contributed by atoms with Gasteiger partial charge in [0.2, 0.25) is 0 Å². The smallest absolute Gasteiger partial charge is 0.0585 e. The van der Waals surface area contributed by atoms with Crippen LogP contribution in [0.2, 0.25) is 0 Å². The highest BCUT2D eigenvalue weighted by atomic mass is 79.9. The van der Waals surface area contributed by atoms with Crippen LogP contribution in [0.3, 0.4) is 0 Å². The predicted octanol–water partition coefficient (Wildman–Crippen LogP) is 5.13. The molecule has 14 heavy (non-hydrogen) atoms. The molecule has 0 aromatic rings. The maximum Gasteiger partial charge on any atom is 0.0585 e. The molecule has 0 N–H and O–H groups in total. The fraction of sp³-hybridized carbons (Fsp3) is 0.818. The van der Waals surface area contributed by atoms with Crippen molar-refractivity contribution in [2.45, 2.75) is 54.6 Å². The second-order valence-electron chi connectivity index (χ2n) is 4.45. The van der Waals surface area contributed by atoms with Gasteiger partial charge in [-0.2, -0.15) is 0 Å². The lowest BCUT2D eigenvalue weighted by molar-refractivity contribution is 0.478. The third-order valence-electron chi connectivity index (χ3n) is 3.27. The Morgan fingerprint density at radius 2 is 2.07 bits per heavy atom. The van der Waals surface area contributed by atoms with E-state index in [0.29, 0.717) is 5.38 Å². The zero-order valence-electron chi connectivity index (χ0n) is 8.16. The number of hydrogen-bond acceptors (Lipinski definition) is 0. The predicted molar refractivity (Wildman–Crippen MR) is 69.6 cm³/mol. The van der Waals surface area contributed by atoms with E-state index in [1.807, 2.05) is 0 Å². The van der Waals surface area contributed by atoms with Gasteiger partial charge in [-0.3, -0.25) is 0 Å². The molecule has 0 aliphatic heterocycles. The monoisotopic (exact) mass is 340 g/mol. The Balaban J connectivity index is 2.32. The Bertz CT molecular complexity index is 262. The van der Waals surface area contributed by atoms with Gasteiger partial charge in [-0.25, -0.2) is 0 Å². The van der Waals surface area contributed by atoms with Gasteiger partial charge in [0.25, 0.3) is 0 Å². The first-order valence-electron chi connectivity index (χ1n) is 5.33. The summed E-state index contributed by atoms with van der Waals surface area (Å²) in [6.07, 6.45) is 8.62. The number of allylic oxidation sites excluding steroid dienone is 2. The minimum atomic E-state index is 0.160. The van der Waals surface area contributed by atoms with E-state index >= 15 is 0 Å². The van der Waals surface area contributed by atoms with Crippen molar-refractivity contribution in [3.8, 4) is 0 Å². The van der Waals surface area contributed by atoms with Gasteiger partial charge >= 0.3 is 0 Å². The van der Waals surface area contributed by atoms with Gasteiger partial charge in [-0.05, 0) is 32.1 Å². The summed E-state index contributed by atoms with van der Waals surface area (Å²) in [4.78, 5) is 0. The molecule has 0 heterocycles. The molecular weight excluding hydrogens is 327 g/mol. The molecule has 0 unspecified atom stereocenters. The van der Waals surface area contributed by atoms with Crippen LogP contribution in [0.4, 0.5) is 0 Å². The van der Waals surface area contributed by atoms with Crippen molar-refractivity contribution in [2.75, 3.05) is 0 Å². The summed E-state index contributed by atoms with van der Waals surface area (Å²) in [5.74, 6) is 0. The van der Waals surface area contributed by atoms with Crippen molar-refractivity contribution in [2.24, 2.45) is 0 Å². The van der Waals surface area contributed by atoms with Crippen LogP contribution in [-0.2, 0) is 0 Å². The molecule has 0 aromatic carbocycles. The highest BCUT2D eigenvalue weighted by Crippen LogP contribution is 2.50. The Morgan fingerprint density at radius 1 is 1.29 bits per heavy atom. The molecule has 2 bridgehead atoms. The highest BCUT2D eigenvalue weighted by molar-refractivity contribution is 9.14. The second kappa shape index (κ2) is 4.47. The molecule has 0 fully saturated rings. The van der Waals surface area contributed by atoms with Crippen molar-refractivity contribution >= 4 is 43.5 Å². The fourth-order valence-electron chi connectivity index (χ4n) is 2.53. The van der Waals surface area contributed by atoms with E-state index in [4.69, 9.17) is 11.6 Å². The average Bonchev–Trinajstić information content (AvgIpc) is 2.12. The molecule has 0 amide bonds. The molecule has 0 aromatic heterocycles. The number of hydrogen-bond donors (Lipinski definition) is 0. The maximum absolute atomic E-state index is 6.31. The molecule has 0 saturated heterocycles. The van der Waals surface area contributed by atoms with Crippen molar-refractivity contribution in [3.05, 3.63) is 10.1 Å². The van der Waals surface area contributed by atoms with Gasteiger partial charge in [0.1, 0.15) is 0 Å². The highest BCUT2D eigenvalue weighted by Gasteiger charge is 2.38. The zero-order valence-corrected chi connectivity index (χ0v) is 12.1. The summed E-state index contributed by atoms with van der Waals surface area (Å²) in [7, 11) is 0. The molecular formula is C11H15Br2Cl. The number of halogens is 3. The maximum atomic E-state index is 6.31. The minimum Gasteiger partial charge on any atom is -0.123 e. The van der Waals surface area contributed by atoms with Gasteiger partial charge in [-0.1, -0.05) is 50.3 Å². The van der Waals surface area contributed by atoms with Crippen LogP contribution in [0.15, 0.2) is 10.1 Å². The molecule has 2 rings (SSSR count). The van der Waals surface area contributed by atoms with Crippen molar-refractivity contribution in [1.29, 1.82) is 0 Å². The zero-order chi connectivity index (χ0) is 10.2. The summed E-state index contributed by atoms with van der Waals surface area (Å²) in [5, 5.41) is 0.323. The van der Waals surface area contributed by atoms with E-state index in [-0.39, 0.29) is 4.32 Å². The van der Waals surface area contributed by atoms with Crippen LogP contribution < -0.4 is 0 Å². The number of rotatable bonds is 0. The van der Waals surface area contributed by atoms with Gasteiger partial charge in [0.15, 0.2) is 0 Å². The van der Waals surface area contributed by atoms with Crippen LogP contribution in [0.25, 0.3) is 0 Å². The first-order valence-corrected chi connectivity index (χ1v) is 7.35. The van der Waals surface area contributed by atoms with Gasteiger partial charge in [0, 0.05) is 9.86 Å². The summed E-state index contributed by atoms with van der Waals surface area (Å²) in [5.41, 5.74) is 1.55. The Morgan fingerprint density at radius 3 is 2.86 bits per heavy atom. The van der Waals surface area contributed by atoms with Gasteiger partial charge in [0.05, 0.1) is 4.32 Å². The van der Waals surface area contributed by atoms with Gasteiger partial charge < -0.3 is 0 Å². The van der Waals surface area contributed by atoms with Crippen LogP contribution in [0.1, 0.15) is 44.9 Å². The normalized spacial score (nSPS) is 39.2. The van der Waals surface area contributed by atoms with Crippen LogP contribution in [0, 0.1) is 0 Å². The van der Waals surface area contributed by atoms with E-state index in [1.165, 1.54) is 36.6 Å². The lowest BCUT2D eigenvalue weighted by Gasteiger charge is -2.37. The summed E-state index contributed by atoms with van der Waals surface area (Å²) < 4.78 is 1.56. The summed E-state index contributed by atoms with van der Waals surface area (Å²) in [6.45, 7) is 0. The summed E-state index contributed by atoms with van der Waals surface area (Å²) in [6, 6.07) is 0. The minimum absolute atomic E-state index is 0.160. The fourth-order valence-corrected chi connectivity index (χ4v) is 4.84. The Labute approximate surface area is 108 Å². The lowest BCUT2D eigenvalue weighted by atomic mass is 9.82. The molecule has 80 valence electrons. The van der Waals surface area contributed by atoms with Crippen LogP contribution >= 0.6 is 43.5 Å². The van der Waals surface area contributed by atoms with E-state index in [1.54, 1.807) is 5.57 Å². The van der Waals surface area contributed by atoms with E-state index < -0.39 is 0 Å². The average molecular weight is 343 g/mol. The molecule has 0 saturated carbocycles. The Kier molecular flexibility index (Phi) is 3.66. The lowest BCUT2D eigenvalue weighted by Crippen LogP contribution is -2.31. The first-order chi connectivity index (χ1) is 6.62. The topological polar surface area (TPSA) is 0 Å². The molecule has 2 atom stereocenters.